The van der Waals surface area contributed by atoms with E-state index in [1.54, 1.807) is 7.11 Å². The van der Waals surface area contributed by atoms with E-state index >= 15 is 0 Å². The third kappa shape index (κ3) is 5.25. The lowest BCUT2D eigenvalue weighted by Crippen LogP contribution is -2.23. The van der Waals surface area contributed by atoms with Crippen LogP contribution < -0.4 is 14.8 Å². The van der Waals surface area contributed by atoms with Gasteiger partial charge in [0.05, 0.1) is 25.9 Å². The second-order valence-electron chi connectivity index (χ2n) is 7.81. The van der Waals surface area contributed by atoms with Gasteiger partial charge in [-0.15, -0.1) is 0 Å². The van der Waals surface area contributed by atoms with Gasteiger partial charge in [0.25, 0.3) is 5.91 Å². The van der Waals surface area contributed by atoms with Crippen molar-refractivity contribution in [2.24, 2.45) is 5.92 Å². The Balaban J connectivity index is 1.57. The van der Waals surface area contributed by atoms with Crippen LogP contribution in [0.25, 0.3) is 11.1 Å². The molecule has 31 heavy (non-hydrogen) atoms. The van der Waals surface area contributed by atoms with Crippen molar-refractivity contribution in [1.82, 2.24) is 5.32 Å². The number of hydrogen-bond acceptors (Lipinski definition) is 4. The van der Waals surface area contributed by atoms with Crippen molar-refractivity contribution >= 4 is 5.91 Å². The molecule has 0 aliphatic heterocycles. The van der Waals surface area contributed by atoms with Gasteiger partial charge < -0.3 is 19.9 Å². The number of aliphatic hydroxyl groups is 1. The molecule has 3 aromatic rings. The van der Waals surface area contributed by atoms with Crippen LogP contribution in [-0.4, -0.2) is 24.7 Å². The maximum Gasteiger partial charge on any atom is 0.255 e. The molecule has 5 heteroatoms. The van der Waals surface area contributed by atoms with Gasteiger partial charge in [0.2, 0.25) is 0 Å². The van der Waals surface area contributed by atoms with Crippen molar-refractivity contribution in [2.75, 3.05) is 13.7 Å². The molecule has 5 nitrogen and oxygen atoms in total. The average molecular weight is 418 g/mol. The maximum absolute atomic E-state index is 13.1. The summed E-state index contributed by atoms with van der Waals surface area (Å²) in [6.45, 7) is 0.975. The topological polar surface area (TPSA) is 67.8 Å². The van der Waals surface area contributed by atoms with Gasteiger partial charge in [0.15, 0.2) is 0 Å². The molecule has 1 amide bonds. The highest BCUT2D eigenvalue weighted by Gasteiger charge is 2.23. The number of benzene rings is 3. The van der Waals surface area contributed by atoms with Crippen LogP contribution >= 0.6 is 0 Å². The lowest BCUT2D eigenvalue weighted by molar-refractivity contribution is 0.0946. The maximum atomic E-state index is 13.1. The number of ether oxygens (including phenoxy) is 2. The van der Waals surface area contributed by atoms with Crippen LogP contribution in [0.15, 0.2) is 66.7 Å². The number of carbonyl (C=O) groups is 1. The second-order valence-corrected chi connectivity index (χ2v) is 7.81. The first-order chi connectivity index (χ1) is 15.2. The number of nitrogens with one attached hydrogen (secondary N) is 1. The number of aliphatic hydroxyl groups excluding tert-OH is 1. The van der Waals surface area contributed by atoms with Crippen LogP contribution in [0, 0.1) is 5.92 Å². The van der Waals surface area contributed by atoms with E-state index in [1.807, 2.05) is 66.7 Å². The van der Waals surface area contributed by atoms with E-state index in [2.05, 4.69) is 5.32 Å². The zero-order valence-electron chi connectivity index (χ0n) is 17.6. The summed E-state index contributed by atoms with van der Waals surface area (Å²) in [5, 5.41) is 12.7. The minimum Gasteiger partial charge on any atom is -0.497 e. The molecule has 0 bridgehead atoms. The number of amides is 1. The molecule has 0 atom stereocenters. The molecule has 0 spiro atoms. The highest BCUT2D eigenvalue weighted by Crippen LogP contribution is 2.33. The largest absolute Gasteiger partial charge is 0.497 e. The summed E-state index contributed by atoms with van der Waals surface area (Å²) in [4.78, 5) is 13.1. The van der Waals surface area contributed by atoms with Crippen LogP contribution in [-0.2, 0) is 13.2 Å². The zero-order valence-corrected chi connectivity index (χ0v) is 17.6. The van der Waals surface area contributed by atoms with Crippen LogP contribution in [0.5, 0.6) is 11.5 Å². The van der Waals surface area contributed by atoms with Crippen LogP contribution in [0.1, 0.15) is 34.3 Å². The van der Waals surface area contributed by atoms with Crippen molar-refractivity contribution in [3.63, 3.8) is 0 Å². The third-order valence-electron chi connectivity index (χ3n) is 5.51. The SMILES string of the molecule is COc1ccc(CNC(=O)c2cc(-c3ccccc3CO)ccc2OCC2CC2)cc1. The molecule has 1 fully saturated rings. The highest BCUT2D eigenvalue weighted by molar-refractivity contribution is 5.98. The first-order valence-electron chi connectivity index (χ1n) is 10.5. The monoisotopic (exact) mass is 417 g/mol. The predicted octanol–water partition coefficient (Wildman–Crippen LogP) is 4.57. The molecule has 0 saturated heterocycles. The summed E-state index contributed by atoms with van der Waals surface area (Å²) in [6.07, 6.45) is 2.36. The fourth-order valence-corrected chi connectivity index (χ4v) is 3.45. The summed E-state index contributed by atoms with van der Waals surface area (Å²) in [6, 6.07) is 20.9. The van der Waals surface area contributed by atoms with Crippen molar-refractivity contribution in [1.29, 1.82) is 0 Å². The van der Waals surface area contributed by atoms with Gasteiger partial charge in [-0.05, 0) is 65.3 Å². The predicted molar refractivity (Wildman–Crippen MR) is 120 cm³/mol. The summed E-state index contributed by atoms with van der Waals surface area (Å²) < 4.78 is 11.2. The minimum atomic E-state index is -0.190. The number of methoxy groups -OCH3 is 1. The molecule has 0 radical (unpaired) electrons. The van der Waals surface area contributed by atoms with Gasteiger partial charge in [-0.3, -0.25) is 4.79 Å². The lowest BCUT2D eigenvalue weighted by atomic mass is 9.97. The van der Waals surface area contributed by atoms with E-state index in [0.29, 0.717) is 30.4 Å². The van der Waals surface area contributed by atoms with E-state index in [9.17, 15) is 9.90 Å². The van der Waals surface area contributed by atoms with Gasteiger partial charge in [-0.25, -0.2) is 0 Å². The van der Waals surface area contributed by atoms with Crippen LogP contribution in [0.3, 0.4) is 0 Å². The standard InChI is InChI=1S/C26H27NO4/c1-30-22-11-8-18(9-12-22)15-27-26(29)24-14-20(23-5-3-2-4-21(23)16-28)10-13-25(24)31-17-19-6-7-19/h2-5,8-14,19,28H,6-7,15-17H2,1H3,(H,27,29). The Labute approximate surface area is 182 Å². The number of hydrogen-bond donors (Lipinski definition) is 2. The summed E-state index contributed by atoms with van der Waals surface area (Å²) in [7, 11) is 1.63. The molecule has 0 unspecified atom stereocenters. The van der Waals surface area contributed by atoms with Gasteiger partial charge in [-0.2, -0.15) is 0 Å². The first kappa shape index (κ1) is 20.9. The number of rotatable bonds is 9. The molecule has 0 aromatic heterocycles. The van der Waals surface area contributed by atoms with E-state index in [1.165, 1.54) is 12.8 Å². The quantitative estimate of drug-likeness (QED) is 0.535. The molecule has 0 heterocycles. The average Bonchev–Trinajstić information content (AvgIpc) is 3.66. The van der Waals surface area contributed by atoms with Gasteiger partial charge >= 0.3 is 0 Å². The number of carbonyl (C=O) groups excluding carboxylic acids is 1. The van der Waals surface area contributed by atoms with E-state index < -0.39 is 0 Å². The molecule has 2 N–H and O–H groups in total. The molecule has 160 valence electrons. The molecule has 1 aliphatic carbocycles. The molecular formula is C26H27NO4. The summed E-state index contributed by atoms with van der Waals surface area (Å²) in [5.74, 6) is 1.76. The van der Waals surface area contributed by atoms with E-state index in [0.717, 1.165) is 28.0 Å². The molecule has 1 aliphatic rings. The van der Waals surface area contributed by atoms with Crippen LogP contribution in [0.2, 0.25) is 0 Å². The Morgan fingerprint density at radius 1 is 1.06 bits per heavy atom. The van der Waals surface area contributed by atoms with Crippen molar-refractivity contribution in [3.05, 3.63) is 83.4 Å². The van der Waals surface area contributed by atoms with Gasteiger partial charge in [0, 0.05) is 6.54 Å². The normalized spacial score (nSPS) is 13.0. The van der Waals surface area contributed by atoms with E-state index in [4.69, 9.17) is 9.47 Å². The molecular weight excluding hydrogens is 390 g/mol. The Morgan fingerprint density at radius 2 is 1.84 bits per heavy atom. The van der Waals surface area contributed by atoms with Gasteiger partial charge in [0.1, 0.15) is 11.5 Å². The minimum absolute atomic E-state index is 0.0604. The third-order valence-corrected chi connectivity index (χ3v) is 5.51. The molecule has 1 saturated carbocycles. The molecule has 3 aromatic carbocycles. The Bertz CT molecular complexity index is 1040. The first-order valence-corrected chi connectivity index (χ1v) is 10.5. The highest BCUT2D eigenvalue weighted by atomic mass is 16.5. The molecule has 4 rings (SSSR count). The van der Waals surface area contributed by atoms with Crippen molar-refractivity contribution < 1.29 is 19.4 Å². The van der Waals surface area contributed by atoms with Gasteiger partial charge in [-0.1, -0.05) is 42.5 Å². The summed E-state index contributed by atoms with van der Waals surface area (Å²) >= 11 is 0. The Morgan fingerprint density at radius 3 is 2.55 bits per heavy atom. The fraction of sp³-hybridized carbons (Fsp3) is 0.269. The van der Waals surface area contributed by atoms with Crippen LogP contribution in [0.4, 0.5) is 0 Å². The van der Waals surface area contributed by atoms with E-state index in [-0.39, 0.29) is 12.5 Å². The zero-order chi connectivity index (χ0) is 21.6. The lowest BCUT2D eigenvalue weighted by Gasteiger charge is -2.15. The fourth-order valence-electron chi connectivity index (χ4n) is 3.45. The Hall–Kier alpha value is -3.31. The Kier molecular flexibility index (Phi) is 6.53. The second kappa shape index (κ2) is 9.67. The van der Waals surface area contributed by atoms with Crippen molar-refractivity contribution in [2.45, 2.75) is 26.0 Å². The smallest absolute Gasteiger partial charge is 0.255 e. The summed E-state index contributed by atoms with van der Waals surface area (Å²) in [5.41, 5.74) is 4.08. The van der Waals surface area contributed by atoms with Crippen molar-refractivity contribution in [3.8, 4) is 22.6 Å².